The highest BCUT2D eigenvalue weighted by atomic mass is 16.2. The average Bonchev–Trinajstić information content (AvgIpc) is 2.56. The molecular weight excluding hydrogens is 304 g/mol. The van der Waals surface area contributed by atoms with E-state index in [0.717, 1.165) is 32.4 Å². The molecule has 6 nitrogen and oxygen atoms in total. The molecule has 0 heterocycles. The molecule has 6 heteroatoms. The average molecular weight is 336 g/mol. The van der Waals surface area contributed by atoms with E-state index in [2.05, 4.69) is 34.5 Å². The minimum Gasteiger partial charge on any atom is -0.380 e. The highest BCUT2D eigenvalue weighted by molar-refractivity contribution is 5.74. The Morgan fingerprint density at radius 2 is 1.50 bits per heavy atom. The van der Waals surface area contributed by atoms with Gasteiger partial charge in [-0.25, -0.2) is 0 Å². The minimum atomic E-state index is -0.384. The lowest BCUT2D eigenvalue weighted by Crippen LogP contribution is -2.52. The first-order valence-electron chi connectivity index (χ1n) is 9.00. The second-order valence-electron chi connectivity index (χ2n) is 7.52. The first kappa shape index (κ1) is 18.9. The summed E-state index contributed by atoms with van der Waals surface area (Å²) in [5, 5.41) is 6.43. The van der Waals surface area contributed by atoms with Gasteiger partial charge in [-0.2, -0.15) is 0 Å². The fraction of sp³-hybridized carbons (Fsp3) is 0.778. The Bertz CT molecular complexity index is 596. The van der Waals surface area contributed by atoms with Crippen LogP contribution in [-0.2, 0) is 0 Å². The molecule has 0 spiro atoms. The third-order valence-corrected chi connectivity index (χ3v) is 5.32. The van der Waals surface area contributed by atoms with Crippen molar-refractivity contribution in [1.82, 2.24) is 9.80 Å². The number of hydrogen-bond acceptors (Lipinski definition) is 6. The molecule has 2 N–H and O–H groups in total. The van der Waals surface area contributed by atoms with Crippen LogP contribution in [-0.4, -0.2) is 63.2 Å². The number of hydrogen-bond donors (Lipinski definition) is 2. The van der Waals surface area contributed by atoms with Crippen LogP contribution in [0.5, 0.6) is 0 Å². The van der Waals surface area contributed by atoms with Crippen molar-refractivity contribution in [3.63, 3.8) is 0 Å². The molecule has 0 unspecified atom stereocenters. The molecule has 0 radical (unpaired) electrons. The standard InChI is InChI=1S/C18H32N4O2/c1-21(2)12-8-11-19-14-15(17(24)16(14)23)20-13-18(22(3)4)9-6-5-7-10-18/h19-20H,5-13H2,1-4H3. The van der Waals surface area contributed by atoms with Gasteiger partial charge in [-0.3, -0.25) is 9.59 Å². The summed E-state index contributed by atoms with van der Waals surface area (Å²) in [5.41, 5.74) is 0.278. The summed E-state index contributed by atoms with van der Waals surface area (Å²) in [6.07, 6.45) is 6.94. The number of anilines is 2. The number of likely N-dealkylation sites (N-methyl/N-ethyl adjacent to an activating group) is 1. The van der Waals surface area contributed by atoms with E-state index < -0.39 is 0 Å². The quantitative estimate of drug-likeness (QED) is 0.524. The highest BCUT2D eigenvalue weighted by Crippen LogP contribution is 2.32. The molecule has 1 fully saturated rings. The zero-order valence-electron chi connectivity index (χ0n) is 15.6. The molecule has 136 valence electrons. The zero-order chi connectivity index (χ0) is 17.7. The van der Waals surface area contributed by atoms with E-state index in [1.807, 2.05) is 14.1 Å². The summed E-state index contributed by atoms with van der Waals surface area (Å²) in [4.78, 5) is 28.1. The molecule has 0 aliphatic heterocycles. The molecule has 2 rings (SSSR count). The first-order chi connectivity index (χ1) is 11.4. The molecule has 0 amide bonds. The van der Waals surface area contributed by atoms with E-state index in [-0.39, 0.29) is 16.4 Å². The Morgan fingerprint density at radius 3 is 2.04 bits per heavy atom. The first-order valence-corrected chi connectivity index (χ1v) is 9.00. The third kappa shape index (κ3) is 4.16. The van der Waals surface area contributed by atoms with E-state index >= 15 is 0 Å². The van der Waals surface area contributed by atoms with Crippen LogP contribution in [0.2, 0.25) is 0 Å². The summed E-state index contributed by atoms with van der Waals surface area (Å²) in [5.74, 6) is 0. The second-order valence-corrected chi connectivity index (χ2v) is 7.52. The monoisotopic (exact) mass is 336 g/mol. The third-order valence-electron chi connectivity index (χ3n) is 5.32. The molecule has 24 heavy (non-hydrogen) atoms. The van der Waals surface area contributed by atoms with Crippen LogP contribution in [0, 0.1) is 0 Å². The van der Waals surface area contributed by atoms with Gasteiger partial charge in [0.05, 0.1) is 0 Å². The molecule has 1 aromatic carbocycles. The summed E-state index contributed by atoms with van der Waals surface area (Å²) >= 11 is 0. The summed E-state index contributed by atoms with van der Waals surface area (Å²) < 4.78 is 0. The van der Waals surface area contributed by atoms with Crippen LogP contribution in [0.4, 0.5) is 11.4 Å². The van der Waals surface area contributed by atoms with Gasteiger partial charge < -0.3 is 20.4 Å². The van der Waals surface area contributed by atoms with Gasteiger partial charge in [-0.05, 0) is 54.0 Å². The minimum absolute atomic E-state index is 0.0835. The number of rotatable bonds is 9. The predicted molar refractivity (Wildman–Crippen MR) is 101 cm³/mol. The highest BCUT2D eigenvalue weighted by Gasteiger charge is 2.35. The van der Waals surface area contributed by atoms with Crippen molar-refractivity contribution in [1.29, 1.82) is 0 Å². The van der Waals surface area contributed by atoms with Crippen LogP contribution in [0.3, 0.4) is 0 Å². The Hall–Kier alpha value is -1.40. The number of nitrogens with one attached hydrogen (secondary N) is 2. The van der Waals surface area contributed by atoms with Crippen molar-refractivity contribution in [3.8, 4) is 0 Å². The van der Waals surface area contributed by atoms with Gasteiger partial charge in [0.1, 0.15) is 11.4 Å². The maximum absolute atomic E-state index is 11.9. The molecule has 1 aliphatic rings. The summed E-state index contributed by atoms with van der Waals surface area (Å²) in [7, 11) is 8.26. The predicted octanol–water partition coefficient (Wildman–Crippen LogP) is 1.32. The smallest absolute Gasteiger partial charge is 0.253 e. The molecule has 0 aromatic heterocycles. The molecule has 1 saturated carbocycles. The largest absolute Gasteiger partial charge is 0.380 e. The molecule has 1 aromatic rings. The van der Waals surface area contributed by atoms with Gasteiger partial charge in [0, 0.05) is 18.6 Å². The van der Waals surface area contributed by atoms with E-state index in [9.17, 15) is 9.59 Å². The van der Waals surface area contributed by atoms with Gasteiger partial charge in [-0.15, -0.1) is 0 Å². The van der Waals surface area contributed by atoms with Gasteiger partial charge in [0.2, 0.25) is 0 Å². The van der Waals surface area contributed by atoms with Gasteiger partial charge >= 0.3 is 0 Å². The van der Waals surface area contributed by atoms with Crippen molar-refractivity contribution >= 4 is 11.4 Å². The maximum atomic E-state index is 11.9. The Morgan fingerprint density at radius 1 is 0.917 bits per heavy atom. The van der Waals surface area contributed by atoms with E-state index in [1.54, 1.807) is 0 Å². The molecule has 0 bridgehead atoms. The van der Waals surface area contributed by atoms with Crippen LogP contribution < -0.4 is 21.5 Å². The van der Waals surface area contributed by atoms with E-state index in [1.165, 1.54) is 19.3 Å². The maximum Gasteiger partial charge on any atom is 0.253 e. The Labute approximate surface area is 144 Å². The van der Waals surface area contributed by atoms with Crippen molar-refractivity contribution < 1.29 is 0 Å². The molecule has 1 aliphatic carbocycles. The fourth-order valence-electron chi connectivity index (χ4n) is 3.58. The molecule has 0 saturated heterocycles. The lowest BCUT2D eigenvalue weighted by molar-refractivity contribution is 0.113. The number of nitrogens with zero attached hydrogens (tertiary/aromatic N) is 2. The van der Waals surface area contributed by atoms with Crippen LogP contribution in [0.1, 0.15) is 38.5 Å². The summed E-state index contributed by atoms with van der Waals surface area (Å²) in [6, 6.07) is 0. The lowest BCUT2D eigenvalue weighted by atomic mass is 9.80. The normalized spacial score (nSPS) is 17.6. The van der Waals surface area contributed by atoms with Crippen LogP contribution in [0.15, 0.2) is 9.59 Å². The van der Waals surface area contributed by atoms with Crippen molar-refractivity contribution in [2.24, 2.45) is 0 Å². The van der Waals surface area contributed by atoms with Crippen LogP contribution >= 0.6 is 0 Å². The zero-order valence-corrected chi connectivity index (χ0v) is 15.6. The van der Waals surface area contributed by atoms with Gasteiger partial charge in [0.15, 0.2) is 0 Å². The van der Waals surface area contributed by atoms with Gasteiger partial charge in [0.25, 0.3) is 10.9 Å². The lowest BCUT2D eigenvalue weighted by Gasteiger charge is -2.43. The van der Waals surface area contributed by atoms with Crippen LogP contribution in [0.25, 0.3) is 0 Å². The summed E-state index contributed by atoms with van der Waals surface area (Å²) in [6.45, 7) is 2.38. The molecule has 0 atom stereocenters. The van der Waals surface area contributed by atoms with Crippen molar-refractivity contribution in [2.45, 2.75) is 44.1 Å². The topological polar surface area (TPSA) is 64.7 Å². The van der Waals surface area contributed by atoms with Gasteiger partial charge in [-0.1, -0.05) is 19.3 Å². The van der Waals surface area contributed by atoms with E-state index in [0.29, 0.717) is 17.9 Å². The second kappa shape index (κ2) is 8.12. The van der Waals surface area contributed by atoms with Crippen molar-refractivity contribution in [2.75, 3.05) is 58.5 Å². The fourth-order valence-corrected chi connectivity index (χ4v) is 3.58. The Balaban J connectivity index is 1.96. The van der Waals surface area contributed by atoms with E-state index in [4.69, 9.17) is 0 Å². The Kier molecular flexibility index (Phi) is 6.40. The SMILES string of the molecule is CN(C)CCCNc1c(NCC2(N(C)C)CCCCC2)c(=O)c1=O. The van der Waals surface area contributed by atoms with Crippen molar-refractivity contribution in [3.05, 3.63) is 20.4 Å². The molecular formula is C18H32N4O2.